The Bertz CT molecular complexity index is 455. The highest BCUT2D eigenvalue weighted by Gasteiger charge is 2.36. The van der Waals surface area contributed by atoms with Gasteiger partial charge >= 0.3 is 0 Å². The molecule has 1 aromatic rings. The van der Waals surface area contributed by atoms with Crippen LogP contribution < -0.4 is 15.1 Å². The van der Waals surface area contributed by atoms with E-state index < -0.39 is 0 Å². The topological polar surface area (TPSA) is 57.2 Å². The number of nitrogens with one attached hydrogen (secondary N) is 1. The zero-order valence-electron chi connectivity index (χ0n) is 13.3. The standard InChI is InChI=1S/C14H26N6/c1-6-14(7-2)8-9-20(10-14)13-17-11(15-3)16-12(18-13)19(4)5/h6-10H2,1-5H3,(H,15,16,17,18). The van der Waals surface area contributed by atoms with Crippen molar-refractivity contribution in [2.24, 2.45) is 5.41 Å². The average Bonchev–Trinajstić information content (AvgIpc) is 2.92. The van der Waals surface area contributed by atoms with Gasteiger partial charge in [-0.1, -0.05) is 13.8 Å². The van der Waals surface area contributed by atoms with Gasteiger partial charge in [0.2, 0.25) is 17.8 Å². The molecule has 1 aliphatic rings. The molecular weight excluding hydrogens is 252 g/mol. The molecule has 20 heavy (non-hydrogen) atoms. The van der Waals surface area contributed by atoms with E-state index in [0.29, 0.717) is 17.3 Å². The van der Waals surface area contributed by atoms with E-state index in [0.717, 1.165) is 19.0 Å². The largest absolute Gasteiger partial charge is 0.357 e. The second-order valence-electron chi connectivity index (χ2n) is 5.78. The van der Waals surface area contributed by atoms with Gasteiger partial charge in [-0.05, 0) is 24.7 Å². The monoisotopic (exact) mass is 278 g/mol. The third-order valence-corrected chi connectivity index (χ3v) is 4.46. The van der Waals surface area contributed by atoms with Gasteiger partial charge in [-0.2, -0.15) is 15.0 Å². The van der Waals surface area contributed by atoms with Gasteiger partial charge in [0, 0.05) is 34.2 Å². The van der Waals surface area contributed by atoms with Crippen LogP contribution in [0.5, 0.6) is 0 Å². The Hall–Kier alpha value is -1.59. The molecule has 0 aromatic carbocycles. The second-order valence-corrected chi connectivity index (χ2v) is 5.78. The fraction of sp³-hybridized carbons (Fsp3) is 0.786. The first-order valence-corrected chi connectivity index (χ1v) is 7.39. The number of rotatable bonds is 5. The van der Waals surface area contributed by atoms with Gasteiger partial charge in [0.15, 0.2) is 0 Å². The first-order valence-electron chi connectivity index (χ1n) is 7.39. The molecule has 1 aromatic heterocycles. The Morgan fingerprint density at radius 1 is 1.20 bits per heavy atom. The Labute approximate surface area is 121 Å². The van der Waals surface area contributed by atoms with Crippen molar-refractivity contribution in [2.45, 2.75) is 33.1 Å². The van der Waals surface area contributed by atoms with Crippen LogP contribution in [0.2, 0.25) is 0 Å². The van der Waals surface area contributed by atoms with Gasteiger partial charge in [-0.15, -0.1) is 0 Å². The highest BCUT2D eigenvalue weighted by atomic mass is 15.4. The molecule has 112 valence electrons. The molecule has 6 nitrogen and oxygen atoms in total. The number of nitrogens with zero attached hydrogens (tertiary/aromatic N) is 5. The summed E-state index contributed by atoms with van der Waals surface area (Å²) < 4.78 is 0. The van der Waals surface area contributed by atoms with E-state index >= 15 is 0 Å². The van der Waals surface area contributed by atoms with Crippen LogP contribution in [0, 0.1) is 5.41 Å². The van der Waals surface area contributed by atoms with Gasteiger partial charge < -0.3 is 15.1 Å². The Morgan fingerprint density at radius 3 is 2.40 bits per heavy atom. The molecule has 0 radical (unpaired) electrons. The molecule has 0 unspecified atom stereocenters. The van der Waals surface area contributed by atoms with E-state index in [9.17, 15) is 0 Å². The highest BCUT2D eigenvalue weighted by molar-refractivity contribution is 5.45. The number of anilines is 3. The van der Waals surface area contributed by atoms with E-state index in [1.807, 2.05) is 26.0 Å². The lowest BCUT2D eigenvalue weighted by Crippen LogP contribution is -2.28. The molecule has 1 N–H and O–H groups in total. The van der Waals surface area contributed by atoms with Crippen molar-refractivity contribution in [3.05, 3.63) is 0 Å². The van der Waals surface area contributed by atoms with Crippen LogP contribution in [-0.4, -0.2) is 49.2 Å². The van der Waals surface area contributed by atoms with Crippen molar-refractivity contribution >= 4 is 17.8 Å². The number of hydrogen-bond donors (Lipinski definition) is 1. The van der Waals surface area contributed by atoms with E-state index in [1.54, 1.807) is 0 Å². The number of aromatic nitrogens is 3. The van der Waals surface area contributed by atoms with Crippen molar-refractivity contribution in [3.8, 4) is 0 Å². The normalized spacial score (nSPS) is 17.4. The van der Waals surface area contributed by atoms with Crippen LogP contribution in [0.15, 0.2) is 0 Å². The molecule has 1 aliphatic heterocycles. The molecule has 1 fully saturated rings. The van der Waals surface area contributed by atoms with Crippen LogP contribution in [0.3, 0.4) is 0 Å². The molecule has 1 saturated heterocycles. The van der Waals surface area contributed by atoms with E-state index in [4.69, 9.17) is 0 Å². The lowest BCUT2D eigenvalue weighted by molar-refractivity contribution is 0.301. The fourth-order valence-corrected chi connectivity index (χ4v) is 2.74. The first kappa shape index (κ1) is 14.8. The third kappa shape index (κ3) is 2.78. The SMILES string of the molecule is CCC1(CC)CCN(c2nc(NC)nc(N(C)C)n2)C1. The maximum atomic E-state index is 4.59. The summed E-state index contributed by atoms with van der Waals surface area (Å²) in [5.41, 5.74) is 0.421. The summed E-state index contributed by atoms with van der Waals surface area (Å²) in [4.78, 5) is 17.7. The lowest BCUT2D eigenvalue weighted by atomic mass is 9.82. The van der Waals surface area contributed by atoms with Gasteiger partial charge in [-0.3, -0.25) is 0 Å². The van der Waals surface area contributed by atoms with E-state index in [2.05, 4.69) is 39.0 Å². The van der Waals surface area contributed by atoms with Crippen molar-refractivity contribution < 1.29 is 0 Å². The van der Waals surface area contributed by atoms with E-state index in [-0.39, 0.29) is 0 Å². The summed E-state index contributed by atoms with van der Waals surface area (Å²) in [7, 11) is 5.74. The van der Waals surface area contributed by atoms with Gasteiger partial charge in [0.05, 0.1) is 0 Å². The van der Waals surface area contributed by atoms with Crippen LogP contribution >= 0.6 is 0 Å². The zero-order valence-corrected chi connectivity index (χ0v) is 13.3. The Balaban J connectivity index is 2.27. The van der Waals surface area contributed by atoms with E-state index in [1.165, 1.54) is 19.3 Å². The van der Waals surface area contributed by atoms with Gasteiger partial charge in [-0.25, -0.2) is 0 Å². The van der Waals surface area contributed by atoms with Crippen LogP contribution in [-0.2, 0) is 0 Å². The van der Waals surface area contributed by atoms with Gasteiger partial charge in [0.1, 0.15) is 0 Å². The molecule has 0 saturated carbocycles. The smallest absolute Gasteiger partial charge is 0.231 e. The lowest BCUT2D eigenvalue weighted by Gasteiger charge is -2.26. The molecule has 6 heteroatoms. The highest BCUT2D eigenvalue weighted by Crippen LogP contribution is 2.38. The van der Waals surface area contributed by atoms with Crippen molar-refractivity contribution in [1.29, 1.82) is 0 Å². The van der Waals surface area contributed by atoms with Crippen LogP contribution in [0.1, 0.15) is 33.1 Å². The minimum Gasteiger partial charge on any atom is -0.357 e. The summed E-state index contributed by atoms with van der Waals surface area (Å²) in [5, 5.41) is 3.02. The first-order chi connectivity index (χ1) is 9.53. The molecule has 0 spiro atoms. The van der Waals surface area contributed by atoms with Gasteiger partial charge in [0.25, 0.3) is 0 Å². The summed E-state index contributed by atoms with van der Waals surface area (Å²) >= 11 is 0. The minimum atomic E-state index is 0.421. The third-order valence-electron chi connectivity index (χ3n) is 4.46. The summed E-state index contributed by atoms with van der Waals surface area (Å²) in [6, 6.07) is 0. The molecule has 0 atom stereocenters. The van der Waals surface area contributed by atoms with Crippen molar-refractivity contribution in [3.63, 3.8) is 0 Å². The molecule has 0 aliphatic carbocycles. The Morgan fingerprint density at radius 2 is 1.90 bits per heavy atom. The maximum absolute atomic E-state index is 4.59. The molecule has 0 amide bonds. The zero-order chi connectivity index (χ0) is 14.8. The summed E-state index contributed by atoms with van der Waals surface area (Å²) in [5.74, 6) is 2.12. The fourth-order valence-electron chi connectivity index (χ4n) is 2.74. The predicted octanol–water partition coefficient (Wildman–Crippen LogP) is 2.00. The number of hydrogen-bond acceptors (Lipinski definition) is 6. The van der Waals surface area contributed by atoms with Crippen molar-refractivity contribution in [1.82, 2.24) is 15.0 Å². The summed E-state index contributed by atoms with van der Waals surface area (Å²) in [6.45, 7) is 6.64. The minimum absolute atomic E-state index is 0.421. The van der Waals surface area contributed by atoms with Crippen LogP contribution in [0.4, 0.5) is 17.8 Å². The van der Waals surface area contributed by atoms with Crippen LogP contribution in [0.25, 0.3) is 0 Å². The maximum Gasteiger partial charge on any atom is 0.231 e. The Kier molecular flexibility index (Phi) is 4.30. The predicted molar refractivity (Wildman–Crippen MR) is 83.5 cm³/mol. The second kappa shape index (κ2) is 5.81. The molecule has 2 rings (SSSR count). The molecule has 0 bridgehead atoms. The molecule has 2 heterocycles. The quantitative estimate of drug-likeness (QED) is 0.889. The average molecular weight is 278 g/mol. The van der Waals surface area contributed by atoms with Crippen molar-refractivity contribution in [2.75, 3.05) is 49.3 Å². The molecular formula is C14H26N6. The summed E-state index contributed by atoms with van der Waals surface area (Å²) in [6.07, 6.45) is 3.65.